The average molecular weight is 201 g/mol. The van der Waals surface area contributed by atoms with Gasteiger partial charge in [0.1, 0.15) is 6.04 Å². The first-order valence-electron chi connectivity index (χ1n) is 4.23. The average Bonchev–Trinajstić information content (AvgIpc) is 2.50. The molecule has 13 heavy (non-hydrogen) atoms. The minimum Gasteiger partial charge on any atom is -0.480 e. The number of hydrogen-bond donors (Lipinski definition) is 1. The number of carbonyl (C=O) groups excluding carboxylic acids is 1. The summed E-state index contributed by atoms with van der Waals surface area (Å²) in [6.07, 6.45) is 1.27. The van der Waals surface area contributed by atoms with Crippen molar-refractivity contribution in [2.24, 2.45) is 0 Å². The lowest BCUT2D eigenvalue weighted by molar-refractivity contribution is -0.148. The molecule has 1 N–H and O–H groups in total. The van der Waals surface area contributed by atoms with Crippen LogP contribution in [0.2, 0.25) is 0 Å². The molecule has 2 saturated heterocycles. The maximum absolute atomic E-state index is 11.4. The van der Waals surface area contributed by atoms with Crippen molar-refractivity contribution in [2.45, 2.75) is 30.7 Å². The Hall–Kier alpha value is -0.710. The van der Waals surface area contributed by atoms with Crippen LogP contribution in [-0.4, -0.2) is 38.5 Å². The third kappa shape index (κ3) is 1.14. The van der Waals surface area contributed by atoms with Crippen LogP contribution in [0, 0.1) is 0 Å². The molecule has 0 saturated carbocycles. The molecule has 4 nitrogen and oxygen atoms in total. The fraction of sp³-hybridized carbons (Fsp3) is 0.750. The first-order valence-corrected chi connectivity index (χ1v) is 5.22. The van der Waals surface area contributed by atoms with Crippen molar-refractivity contribution in [1.29, 1.82) is 0 Å². The van der Waals surface area contributed by atoms with Crippen molar-refractivity contribution in [2.75, 3.05) is 5.75 Å². The molecule has 0 bridgehead atoms. The molecule has 1 amide bonds. The fourth-order valence-electron chi connectivity index (χ4n) is 2.00. The molecule has 2 fully saturated rings. The smallest absolute Gasteiger partial charge is 0.327 e. The fourth-order valence-corrected chi connectivity index (χ4v) is 3.43. The Morgan fingerprint density at radius 3 is 3.08 bits per heavy atom. The third-order valence-electron chi connectivity index (χ3n) is 2.73. The molecule has 0 aromatic carbocycles. The standard InChI is InChI=1S/C8H11NO3S/c1-8-3-2-6(10)9(8)5(4-13-8)7(11)12/h5H,2-4H2,1H3,(H,11,12)/t5-,8+/m0/s1. The summed E-state index contributed by atoms with van der Waals surface area (Å²) in [6, 6.07) is -0.606. The second kappa shape index (κ2) is 2.64. The number of carbonyl (C=O) groups is 2. The highest BCUT2D eigenvalue weighted by Crippen LogP contribution is 2.47. The van der Waals surface area contributed by atoms with E-state index >= 15 is 0 Å². The van der Waals surface area contributed by atoms with Gasteiger partial charge in [-0.1, -0.05) is 0 Å². The summed E-state index contributed by atoms with van der Waals surface area (Å²) < 4.78 is 0. The van der Waals surface area contributed by atoms with Crippen molar-refractivity contribution in [3.63, 3.8) is 0 Å². The van der Waals surface area contributed by atoms with Crippen LogP contribution >= 0.6 is 11.8 Å². The van der Waals surface area contributed by atoms with E-state index < -0.39 is 12.0 Å². The Morgan fingerprint density at radius 1 is 1.77 bits per heavy atom. The maximum atomic E-state index is 11.4. The van der Waals surface area contributed by atoms with E-state index in [0.717, 1.165) is 6.42 Å². The molecule has 72 valence electrons. The molecule has 2 aliphatic rings. The lowest BCUT2D eigenvalue weighted by atomic mass is 10.2. The van der Waals surface area contributed by atoms with E-state index in [0.29, 0.717) is 12.2 Å². The number of carboxylic acid groups (broad SMARTS) is 1. The van der Waals surface area contributed by atoms with Gasteiger partial charge >= 0.3 is 5.97 Å². The van der Waals surface area contributed by atoms with Gasteiger partial charge in [0.2, 0.25) is 5.91 Å². The second-order valence-electron chi connectivity index (χ2n) is 3.60. The highest BCUT2D eigenvalue weighted by atomic mass is 32.2. The van der Waals surface area contributed by atoms with Crippen LogP contribution in [0.1, 0.15) is 19.8 Å². The zero-order valence-corrected chi connectivity index (χ0v) is 8.13. The Kier molecular flexibility index (Phi) is 1.80. The number of thioether (sulfide) groups is 1. The van der Waals surface area contributed by atoms with Crippen LogP contribution in [0.3, 0.4) is 0 Å². The molecule has 0 unspecified atom stereocenters. The SMILES string of the molecule is C[C@@]12CCC(=O)N1[C@H](C(=O)O)CS2. The normalized spacial score (nSPS) is 38.1. The molecule has 0 spiro atoms. The second-order valence-corrected chi connectivity index (χ2v) is 5.11. The number of hydrogen-bond acceptors (Lipinski definition) is 3. The van der Waals surface area contributed by atoms with Gasteiger partial charge in [-0.15, -0.1) is 11.8 Å². The largest absolute Gasteiger partial charge is 0.480 e. The van der Waals surface area contributed by atoms with Crippen molar-refractivity contribution in [3.05, 3.63) is 0 Å². The van der Waals surface area contributed by atoms with Crippen LogP contribution in [0.15, 0.2) is 0 Å². The van der Waals surface area contributed by atoms with Gasteiger partial charge < -0.3 is 10.0 Å². The van der Waals surface area contributed by atoms with Crippen LogP contribution in [0.25, 0.3) is 0 Å². The Balaban J connectivity index is 2.29. The summed E-state index contributed by atoms with van der Waals surface area (Å²) in [4.78, 5) is 23.5. The summed E-state index contributed by atoms with van der Waals surface area (Å²) in [5.41, 5.74) is 0. The quantitative estimate of drug-likeness (QED) is 0.672. The van der Waals surface area contributed by atoms with Gasteiger partial charge in [0.25, 0.3) is 0 Å². The summed E-state index contributed by atoms with van der Waals surface area (Å²) in [5, 5.41) is 8.89. The van der Waals surface area contributed by atoms with Crippen molar-refractivity contribution in [3.8, 4) is 0 Å². The van der Waals surface area contributed by atoms with Gasteiger partial charge in [0.05, 0.1) is 4.87 Å². The molecule has 0 aromatic heterocycles. The maximum Gasteiger partial charge on any atom is 0.327 e. The van der Waals surface area contributed by atoms with Gasteiger partial charge in [-0.2, -0.15) is 0 Å². The Labute approximate surface area is 80.3 Å². The van der Waals surface area contributed by atoms with Gasteiger partial charge in [-0.05, 0) is 13.3 Å². The molecular weight excluding hydrogens is 190 g/mol. The molecule has 0 aliphatic carbocycles. The molecule has 0 aromatic rings. The van der Waals surface area contributed by atoms with Crippen LogP contribution in [0.5, 0.6) is 0 Å². The van der Waals surface area contributed by atoms with E-state index in [1.165, 1.54) is 0 Å². The van der Waals surface area contributed by atoms with Crippen molar-refractivity contribution >= 4 is 23.6 Å². The highest BCUT2D eigenvalue weighted by Gasteiger charge is 2.52. The zero-order valence-electron chi connectivity index (χ0n) is 7.32. The minimum atomic E-state index is -0.883. The molecule has 2 aliphatic heterocycles. The van der Waals surface area contributed by atoms with E-state index in [9.17, 15) is 9.59 Å². The highest BCUT2D eigenvalue weighted by molar-refractivity contribution is 8.01. The molecule has 0 radical (unpaired) electrons. The Bertz CT molecular complexity index is 281. The van der Waals surface area contributed by atoms with E-state index in [1.54, 1.807) is 16.7 Å². The molecule has 5 heteroatoms. The van der Waals surface area contributed by atoms with Crippen molar-refractivity contribution in [1.82, 2.24) is 4.90 Å². The molecule has 2 heterocycles. The van der Waals surface area contributed by atoms with E-state index in [2.05, 4.69) is 0 Å². The van der Waals surface area contributed by atoms with E-state index in [-0.39, 0.29) is 10.8 Å². The summed E-state index contributed by atoms with van der Waals surface area (Å²) in [6.45, 7) is 1.95. The van der Waals surface area contributed by atoms with E-state index in [4.69, 9.17) is 5.11 Å². The number of carboxylic acids is 1. The van der Waals surface area contributed by atoms with Gasteiger partial charge in [0.15, 0.2) is 0 Å². The van der Waals surface area contributed by atoms with Crippen LogP contribution in [0.4, 0.5) is 0 Å². The number of aliphatic carboxylic acids is 1. The molecule has 2 atom stereocenters. The monoisotopic (exact) mass is 201 g/mol. The zero-order chi connectivity index (χ0) is 9.64. The lowest BCUT2D eigenvalue weighted by Crippen LogP contribution is -2.45. The van der Waals surface area contributed by atoms with Crippen molar-refractivity contribution < 1.29 is 14.7 Å². The van der Waals surface area contributed by atoms with Gasteiger partial charge in [-0.3, -0.25) is 4.79 Å². The summed E-state index contributed by atoms with van der Waals surface area (Å²) >= 11 is 1.58. The number of nitrogens with zero attached hydrogens (tertiary/aromatic N) is 1. The molecular formula is C8H11NO3S. The topological polar surface area (TPSA) is 57.6 Å². The van der Waals surface area contributed by atoms with Crippen LogP contribution in [-0.2, 0) is 9.59 Å². The van der Waals surface area contributed by atoms with E-state index in [1.807, 2.05) is 6.92 Å². The number of rotatable bonds is 1. The number of fused-ring (bicyclic) bond motifs is 1. The predicted molar refractivity (Wildman–Crippen MR) is 48.4 cm³/mol. The predicted octanol–water partition coefficient (Wildman–Crippen LogP) is 0.525. The van der Waals surface area contributed by atoms with Crippen LogP contribution < -0.4 is 0 Å². The first-order chi connectivity index (χ1) is 6.04. The summed E-state index contributed by atoms with van der Waals surface area (Å²) in [7, 11) is 0. The van der Waals surface area contributed by atoms with Gasteiger partial charge in [0, 0.05) is 12.2 Å². The van der Waals surface area contributed by atoms with Gasteiger partial charge in [-0.25, -0.2) is 4.79 Å². The lowest BCUT2D eigenvalue weighted by Gasteiger charge is -2.28. The first kappa shape index (κ1) is 8.87. The number of amides is 1. The summed E-state index contributed by atoms with van der Waals surface area (Å²) in [5.74, 6) is -0.372. The third-order valence-corrected chi connectivity index (χ3v) is 4.24. The molecule has 2 rings (SSSR count). The minimum absolute atomic E-state index is 0.0140. The Morgan fingerprint density at radius 2 is 2.46 bits per heavy atom.